The van der Waals surface area contributed by atoms with Crippen molar-refractivity contribution in [3.63, 3.8) is 0 Å². The van der Waals surface area contributed by atoms with Gasteiger partial charge in [-0.05, 0) is 59.3 Å². The third-order valence-electron chi connectivity index (χ3n) is 6.36. The molecule has 3 N–H and O–H groups in total. The highest BCUT2D eigenvalue weighted by atomic mass is 79.9. The van der Waals surface area contributed by atoms with Crippen LogP contribution < -0.4 is 21.9 Å². The summed E-state index contributed by atoms with van der Waals surface area (Å²) in [4.78, 5) is 34.2. The second-order valence-electron chi connectivity index (χ2n) is 8.91. The van der Waals surface area contributed by atoms with Crippen molar-refractivity contribution in [3.05, 3.63) is 68.1 Å². The van der Waals surface area contributed by atoms with E-state index in [1.54, 1.807) is 18.3 Å². The van der Waals surface area contributed by atoms with E-state index in [2.05, 4.69) is 41.3 Å². The third-order valence-corrected chi connectivity index (χ3v) is 7.07. The average molecular weight is 595 g/mol. The van der Waals surface area contributed by atoms with E-state index in [0.717, 1.165) is 50.3 Å². The number of thiocarbonyl (C=S) groups is 1. The molecule has 0 spiro atoms. The smallest absolute Gasteiger partial charge is 0.333 e. The van der Waals surface area contributed by atoms with E-state index >= 15 is 0 Å². The van der Waals surface area contributed by atoms with Crippen molar-refractivity contribution in [2.75, 3.05) is 57.7 Å². The summed E-state index contributed by atoms with van der Waals surface area (Å²) in [5, 5.41) is 16.1. The van der Waals surface area contributed by atoms with Gasteiger partial charge in [0.2, 0.25) is 0 Å². The van der Waals surface area contributed by atoms with Gasteiger partial charge in [-0.3, -0.25) is 18.8 Å². The number of anilines is 1. The Kier molecular flexibility index (Phi) is 10.00. The van der Waals surface area contributed by atoms with Crippen LogP contribution in [0.25, 0.3) is 0 Å². The topological polar surface area (TPSA) is 117 Å². The highest BCUT2D eigenvalue weighted by Crippen LogP contribution is 2.18. The maximum Gasteiger partial charge on any atom is 0.333 e. The summed E-state index contributed by atoms with van der Waals surface area (Å²) < 4.78 is 9.16. The van der Waals surface area contributed by atoms with Crippen LogP contribution in [0.15, 0.2) is 56.8 Å². The first-order chi connectivity index (χ1) is 17.9. The molecule has 2 aromatic rings. The molecular formula is C24H32BrN7O4S. The Balaban J connectivity index is 1.15. The minimum atomic E-state index is -0.610. The molecule has 0 bridgehead atoms. The first-order valence-corrected chi connectivity index (χ1v) is 13.5. The lowest BCUT2D eigenvalue weighted by Crippen LogP contribution is -2.49. The van der Waals surface area contributed by atoms with Gasteiger partial charge in [0.1, 0.15) is 11.9 Å². The van der Waals surface area contributed by atoms with Crippen molar-refractivity contribution in [3.8, 4) is 0 Å². The maximum absolute atomic E-state index is 12.9. The van der Waals surface area contributed by atoms with Crippen molar-refractivity contribution in [1.82, 2.24) is 29.2 Å². The zero-order chi connectivity index (χ0) is 26.2. The number of hydrogen-bond donors (Lipinski definition) is 3. The SMILES string of the molecule is O=c1ccn([C@H]2C=C[C@@H](CO)O2)c(=O)n1CCCN1CCN(CCNC(=S)Nc2ccc(Br)cn2)CC1. The Morgan fingerprint density at radius 3 is 2.54 bits per heavy atom. The Bertz CT molecular complexity index is 1190. The highest BCUT2D eigenvalue weighted by molar-refractivity contribution is 9.10. The first kappa shape index (κ1) is 27.6. The molecule has 37 heavy (non-hydrogen) atoms. The number of aliphatic hydroxyl groups is 1. The lowest BCUT2D eigenvalue weighted by Gasteiger charge is -2.34. The molecule has 2 atom stereocenters. The minimum Gasteiger partial charge on any atom is -0.393 e. The van der Waals surface area contributed by atoms with E-state index in [-0.39, 0.29) is 12.2 Å². The number of nitrogens with one attached hydrogen (secondary N) is 2. The number of aromatic nitrogens is 3. The number of aliphatic hydroxyl groups excluding tert-OH is 1. The van der Waals surface area contributed by atoms with Gasteiger partial charge in [-0.15, -0.1) is 0 Å². The molecule has 200 valence electrons. The van der Waals surface area contributed by atoms with E-state index in [4.69, 9.17) is 17.0 Å². The first-order valence-electron chi connectivity index (χ1n) is 12.3. The fourth-order valence-electron chi connectivity index (χ4n) is 4.31. The second-order valence-corrected chi connectivity index (χ2v) is 10.2. The number of pyridine rings is 1. The molecule has 1 fully saturated rings. The second kappa shape index (κ2) is 13.4. The average Bonchev–Trinajstić information content (AvgIpc) is 3.37. The fourth-order valence-corrected chi connectivity index (χ4v) is 4.75. The molecule has 0 saturated carbocycles. The van der Waals surface area contributed by atoms with Gasteiger partial charge in [0.25, 0.3) is 5.56 Å². The van der Waals surface area contributed by atoms with E-state index in [0.29, 0.717) is 23.9 Å². The Hall–Kier alpha value is -2.42. The van der Waals surface area contributed by atoms with Crippen LogP contribution in [-0.4, -0.2) is 92.7 Å². The van der Waals surface area contributed by atoms with Gasteiger partial charge in [-0.25, -0.2) is 9.78 Å². The molecular weight excluding hydrogens is 562 g/mol. The number of halogens is 1. The molecule has 0 aromatic carbocycles. The van der Waals surface area contributed by atoms with Crippen molar-refractivity contribution >= 4 is 39.1 Å². The van der Waals surface area contributed by atoms with Crippen molar-refractivity contribution in [2.24, 2.45) is 0 Å². The van der Waals surface area contributed by atoms with Crippen LogP contribution in [-0.2, 0) is 11.3 Å². The monoisotopic (exact) mass is 593 g/mol. The number of nitrogens with zero attached hydrogens (tertiary/aromatic N) is 5. The Morgan fingerprint density at radius 1 is 1.11 bits per heavy atom. The number of hydrogen-bond acceptors (Lipinski definition) is 8. The van der Waals surface area contributed by atoms with Crippen LogP contribution in [0.3, 0.4) is 0 Å². The highest BCUT2D eigenvalue weighted by Gasteiger charge is 2.22. The largest absolute Gasteiger partial charge is 0.393 e. The summed E-state index contributed by atoms with van der Waals surface area (Å²) in [5.41, 5.74) is -0.719. The third kappa shape index (κ3) is 7.79. The Morgan fingerprint density at radius 2 is 1.86 bits per heavy atom. The van der Waals surface area contributed by atoms with E-state index < -0.39 is 18.0 Å². The quantitative estimate of drug-likeness (QED) is 0.267. The maximum atomic E-state index is 12.9. The van der Waals surface area contributed by atoms with Crippen molar-refractivity contribution < 1.29 is 9.84 Å². The van der Waals surface area contributed by atoms with Crippen LogP contribution in [0.4, 0.5) is 5.82 Å². The number of rotatable bonds is 10. The van der Waals surface area contributed by atoms with Crippen LogP contribution in [0.5, 0.6) is 0 Å². The summed E-state index contributed by atoms with van der Waals surface area (Å²) in [6.45, 7) is 6.40. The van der Waals surface area contributed by atoms with Crippen LogP contribution in [0, 0.1) is 0 Å². The fraction of sp³-hybridized carbons (Fsp3) is 0.500. The van der Waals surface area contributed by atoms with Gasteiger partial charge < -0.3 is 25.4 Å². The standard InChI is InChI=1S/C24H32BrN7O4S/c25-18-2-4-20(27-16-18)28-23(37)26-7-11-30-14-12-29(13-15-30)8-1-9-31-21(34)6-10-32(24(31)35)22-5-3-19(17-33)36-22/h2-6,10,16,19,22,33H,1,7-9,11-15,17H2,(H2,26,27,28,37)/t19-,22+/m0/s1. The molecule has 0 aliphatic carbocycles. The van der Waals surface area contributed by atoms with E-state index in [1.165, 1.54) is 21.4 Å². The molecule has 4 rings (SSSR count). The molecule has 1 saturated heterocycles. The zero-order valence-corrected chi connectivity index (χ0v) is 22.9. The minimum absolute atomic E-state index is 0.153. The Labute approximate surface area is 228 Å². The molecule has 2 aliphatic heterocycles. The summed E-state index contributed by atoms with van der Waals surface area (Å²) in [6, 6.07) is 5.15. The van der Waals surface area contributed by atoms with E-state index in [9.17, 15) is 14.7 Å². The number of piperazine rings is 1. The molecule has 0 radical (unpaired) electrons. The summed E-state index contributed by atoms with van der Waals surface area (Å²) in [7, 11) is 0. The predicted molar refractivity (Wildman–Crippen MR) is 149 cm³/mol. The van der Waals surface area contributed by atoms with Crippen LogP contribution >= 0.6 is 28.1 Å². The molecule has 11 nitrogen and oxygen atoms in total. The predicted octanol–water partition coefficient (Wildman–Crippen LogP) is 0.608. The van der Waals surface area contributed by atoms with Gasteiger partial charge in [-0.1, -0.05) is 6.08 Å². The number of ether oxygens (including phenoxy) is 1. The van der Waals surface area contributed by atoms with Crippen molar-refractivity contribution in [2.45, 2.75) is 25.3 Å². The molecule has 0 unspecified atom stereocenters. The van der Waals surface area contributed by atoms with Crippen molar-refractivity contribution in [1.29, 1.82) is 0 Å². The molecule has 2 aromatic heterocycles. The summed E-state index contributed by atoms with van der Waals surface area (Å²) >= 11 is 8.70. The van der Waals surface area contributed by atoms with Crippen LogP contribution in [0.2, 0.25) is 0 Å². The molecule has 13 heteroatoms. The van der Waals surface area contributed by atoms with Crippen LogP contribution in [0.1, 0.15) is 12.6 Å². The summed E-state index contributed by atoms with van der Waals surface area (Å²) in [5.74, 6) is 0.699. The molecule has 0 amide bonds. The molecule has 4 heterocycles. The van der Waals surface area contributed by atoms with Gasteiger partial charge in [-0.2, -0.15) is 0 Å². The summed E-state index contributed by atoms with van der Waals surface area (Å²) in [6.07, 6.45) is 6.26. The molecule has 2 aliphatic rings. The zero-order valence-electron chi connectivity index (χ0n) is 20.5. The van der Waals surface area contributed by atoms with Gasteiger partial charge >= 0.3 is 5.69 Å². The normalized spacial score (nSPS) is 20.3. The van der Waals surface area contributed by atoms with Gasteiger partial charge in [0.05, 0.1) is 6.61 Å². The lowest BCUT2D eigenvalue weighted by molar-refractivity contribution is -0.0110. The van der Waals surface area contributed by atoms with Gasteiger partial charge in [0, 0.05) is 68.7 Å². The van der Waals surface area contributed by atoms with E-state index in [1.807, 2.05) is 12.1 Å². The lowest BCUT2D eigenvalue weighted by atomic mass is 10.3. The van der Waals surface area contributed by atoms with Gasteiger partial charge in [0.15, 0.2) is 11.3 Å².